The molecule has 1 aromatic carbocycles. The van der Waals surface area contributed by atoms with E-state index in [0.29, 0.717) is 0 Å². The average Bonchev–Trinajstić information content (AvgIpc) is 2.37. The third-order valence-corrected chi connectivity index (χ3v) is 3.33. The molecule has 0 amide bonds. The topological polar surface area (TPSA) is 33.1 Å². The molecule has 112 valence electrons. The van der Waals surface area contributed by atoms with Gasteiger partial charge in [0, 0.05) is 4.90 Å². The first-order chi connectivity index (χ1) is 9.78. The van der Waals surface area contributed by atoms with Gasteiger partial charge in [0.2, 0.25) is 0 Å². The highest BCUT2D eigenvalue weighted by Gasteiger charge is 2.29. The zero-order valence-electron chi connectivity index (χ0n) is 10.2. The van der Waals surface area contributed by atoms with Crippen LogP contribution in [0.25, 0.3) is 0 Å². The highest BCUT2D eigenvalue weighted by atomic mass is 32.2. The molecule has 0 aliphatic rings. The van der Waals surface area contributed by atoms with Crippen LogP contribution in [0.2, 0.25) is 0 Å². The SMILES string of the molecule is OC(c1ccc(SC(F)(F)F)cc1)c1c(F)cncc1F. The van der Waals surface area contributed by atoms with Crippen molar-refractivity contribution in [1.29, 1.82) is 0 Å². The summed E-state index contributed by atoms with van der Waals surface area (Å²) in [5, 5.41) is 9.94. The van der Waals surface area contributed by atoms with Crippen molar-refractivity contribution >= 4 is 11.8 Å². The van der Waals surface area contributed by atoms with Crippen molar-refractivity contribution in [2.45, 2.75) is 16.5 Å². The van der Waals surface area contributed by atoms with Crippen LogP contribution in [-0.4, -0.2) is 15.6 Å². The van der Waals surface area contributed by atoms with Crippen LogP contribution in [0.15, 0.2) is 41.6 Å². The van der Waals surface area contributed by atoms with Crippen molar-refractivity contribution in [2.75, 3.05) is 0 Å². The molecule has 2 rings (SSSR count). The summed E-state index contributed by atoms with van der Waals surface area (Å²) >= 11 is -0.317. The monoisotopic (exact) mass is 321 g/mol. The normalized spacial score (nSPS) is 13.2. The van der Waals surface area contributed by atoms with Gasteiger partial charge in [0.15, 0.2) is 11.6 Å². The summed E-state index contributed by atoms with van der Waals surface area (Å²) in [6.07, 6.45) is -0.136. The van der Waals surface area contributed by atoms with Gasteiger partial charge in [-0.3, -0.25) is 4.98 Å². The zero-order valence-corrected chi connectivity index (χ0v) is 11.1. The number of aliphatic hydroxyl groups excluding tert-OH is 1. The van der Waals surface area contributed by atoms with Gasteiger partial charge in [0.25, 0.3) is 0 Å². The molecule has 21 heavy (non-hydrogen) atoms. The average molecular weight is 321 g/mol. The second-order valence-electron chi connectivity index (χ2n) is 4.04. The number of hydrogen-bond donors (Lipinski definition) is 1. The molecule has 0 radical (unpaired) electrons. The summed E-state index contributed by atoms with van der Waals surface area (Å²) in [5.41, 5.74) is -4.95. The third-order valence-electron chi connectivity index (χ3n) is 2.59. The Bertz CT molecular complexity index is 609. The Morgan fingerprint density at radius 3 is 2.00 bits per heavy atom. The van der Waals surface area contributed by atoms with Gasteiger partial charge < -0.3 is 5.11 Å². The van der Waals surface area contributed by atoms with E-state index in [9.17, 15) is 27.1 Å². The number of benzene rings is 1. The fourth-order valence-corrected chi connectivity index (χ4v) is 2.24. The Morgan fingerprint density at radius 1 is 1.00 bits per heavy atom. The van der Waals surface area contributed by atoms with Crippen molar-refractivity contribution in [3.8, 4) is 0 Å². The number of hydrogen-bond acceptors (Lipinski definition) is 3. The molecule has 0 spiro atoms. The summed E-state index contributed by atoms with van der Waals surface area (Å²) < 4.78 is 63.5. The maximum absolute atomic E-state index is 13.5. The number of rotatable bonds is 3. The molecule has 1 atom stereocenters. The number of aromatic nitrogens is 1. The number of pyridine rings is 1. The predicted molar refractivity (Wildman–Crippen MR) is 66.6 cm³/mol. The molecule has 1 aromatic heterocycles. The smallest absolute Gasteiger partial charge is 0.383 e. The van der Waals surface area contributed by atoms with Gasteiger partial charge in [-0.2, -0.15) is 13.2 Å². The predicted octanol–water partition coefficient (Wildman–Crippen LogP) is 4.05. The van der Waals surface area contributed by atoms with Crippen LogP contribution < -0.4 is 0 Å². The van der Waals surface area contributed by atoms with Gasteiger partial charge in [-0.05, 0) is 29.5 Å². The molecule has 0 aliphatic carbocycles. The molecular formula is C13H8F5NOS. The fraction of sp³-hybridized carbons (Fsp3) is 0.154. The Labute approximate surface area is 120 Å². The number of nitrogens with zero attached hydrogens (tertiary/aromatic N) is 1. The minimum Gasteiger partial charge on any atom is -0.383 e. The highest BCUT2D eigenvalue weighted by molar-refractivity contribution is 8.00. The van der Waals surface area contributed by atoms with Crippen molar-refractivity contribution in [3.05, 3.63) is 59.4 Å². The molecule has 1 unspecified atom stereocenters. The van der Waals surface area contributed by atoms with Crippen LogP contribution in [0.4, 0.5) is 22.0 Å². The number of thioether (sulfide) groups is 1. The van der Waals surface area contributed by atoms with Crippen LogP contribution in [0.5, 0.6) is 0 Å². The highest BCUT2D eigenvalue weighted by Crippen LogP contribution is 2.37. The molecule has 2 nitrogen and oxygen atoms in total. The minimum atomic E-state index is -4.43. The molecule has 0 aliphatic heterocycles. The first-order valence-electron chi connectivity index (χ1n) is 5.60. The molecular weight excluding hydrogens is 313 g/mol. The van der Waals surface area contributed by atoms with Crippen molar-refractivity contribution in [2.24, 2.45) is 0 Å². The lowest BCUT2D eigenvalue weighted by Gasteiger charge is -2.13. The maximum Gasteiger partial charge on any atom is 0.446 e. The fourth-order valence-electron chi connectivity index (χ4n) is 1.70. The number of halogens is 5. The molecule has 1 heterocycles. The van der Waals surface area contributed by atoms with E-state index < -0.39 is 28.8 Å². The molecule has 0 saturated heterocycles. The van der Waals surface area contributed by atoms with Crippen molar-refractivity contribution in [3.63, 3.8) is 0 Å². The first-order valence-corrected chi connectivity index (χ1v) is 6.42. The third kappa shape index (κ3) is 3.92. The van der Waals surface area contributed by atoms with Gasteiger partial charge in [0.1, 0.15) is 6.10 Å². The molecule has 1 N–H and O–H groups in total. The Kier molecular flexibility index (Phi) is 4.48. The largest absolute Gasteiger partial charge is 0.446 e. The van der Waals surface area contributed by atoms with Crippen molar-refractivity contribution < 1.29 is 27.1 Å². The lowest BCUT2D eigenvalue weighted by Crippen LogP contribution is -2.06. The van der Waals surface area contributed by atoms with E-state index in [2.05, 4.69) is 4.98 Å². The van der Waals surface area contributed by atoms with Crippen LogP contribution >= 0.6 is 11.8 Å². The van der Waals surface area contributed by atoms with Gasteiger partial charge in [0.05, 0.1) is 18.0 Å². The van der Waals surface area contributed by atoms with E-state index in [4.69, 9.17) is 0 Å². The van der Waals surface area contributed by atoms with Gasteiger partial charge in [-0.25, -0.2) is 8.78 Å². The van der Waals surface area contributed by atoms with E-state index in [0.717, 1.165) is 24.5 Å². The first kappa shape index (κ1) is 15.7. The lowest BCUT2D eigenvalue weighted by molar-refractivity contribution is -0.0328. The van der Waals surface area contributed by atoms with Gasteiger partial charge >= 0.3 is 5.51 Å². The summed E-state index contributed by atoms with van der Waals surface area (Å²) in [4.78, 5) is 3.20. The Morgan fingerprint density at radius 2 is 1.52 bits per heavy atom. The van der Waals surface area contributed by atoms with E-state index >= 15 is 0 Å². The zero-order chi connectivity index (χ0) is 15.6. The second-order valence-corrected chi connectivity index (χ2v) is 5.17. The molecule has 0 bridgehead atoms. The summed E-state index contributed by atoms with van der Waals surface area (Å²) in [6.45, 7) is 0. The maximum atomic E-state index is 13.5. The molecule has 0 saturated carbocycles. The van der Waals surface area contributed by atoms with Crippen LogP contribution in [-0.2, 0) is 0 Å². The lowest BCUT2D eigenvalue weighted by atomic mass is 10.0. The van der Waals surface area contributed by atoms with E-state index in [1.807, 2.05) is 0 Å². The van der Waals surface area contributed by atoms with E-state index in [1.165, 1.54) is 12.1 Å². The summed E-state index contributed by atoms with van der Waals surface area (Å²) in [6, 6.07) is 4.59. The standard InChI is InChI=1S/C13H8F5NOS/c14-9-5-19-6-10(15)11(9)12(20)7-1-3-8(4-2-7)21-13(16,17)18/h1-6,12,20H. The van der Waals surface area contributed by atoms with Crippen molar-refractivity contribution in [1.82, 2.24) is 4.98 Å². The molecule has 0 fully saturated rings. The molecule has 2 aromatic rings. The van der Waals surface area contributed by atoms with Crippen LogP contribution in [0.3, 0.4) is 0 Å². The number of alkyl halides is 3. The summed E-state index contributed by atoms with van der Waals surface area (Å²) in [5.74, 6) is -2.06. The second kappa shape index (κ2) is 5.98. The molecule has 8 heteroatoms. The van der Waals surface area contributed by atoms with Crippen LogP contribution in [0.1, 0.15) is 17.2 Å². The van der Waals surface area contributed by atoms with Crippen LogP contribution in [0, 0.1) is 11.6 Å². The number of aliphatic hydroxyl groups is 1. The van der Waals surface area contributed by atoms with Gasteiger partial charge in [-0.15, -0.1) is 0 Å². The van der Waals surface area contributed by atoms with Gasteiger partial charge in [-0.1, -0.05) is 12.1 Å². The Hall–Kier alpha value is -1.67. The van der Waals surface area contributed by atoms with E-state index in [1.54, 1.807) is 0 Å². The Balaban J connectivity index is 2.26. The van der Waals surface area contributed by atoms with E-state index in [-0.39, 0.29) is 22.2 Å². The quantitative estimate of drug-likeness (QED) is 0.684. The minimum absolute atomic E-state index is 0.0746. The summed E-state index contributed by atoms with van der Waals surface area (Å²) in [7, 11) is 0.